The van der Waals surface area contributed by atoms with Crippen LogP contribution in [0.5, 0.6) is 0 Å². The summed E-state index contributed by atoms with van der Waals surface area (Å²) in [5.74, 6) is 1.02. The molecule has 0 aliphatic carbocycles. The quantitative estimate of drug-likeness (QED) is 0.149. The number of benzene rings is 4. The van der Waals surface area contributed by atoms with Crippen LogP contribution in [0, 0.1) is 0 Å². The maximum atomic E-state index is 12.7. The van der Waals surface area contributed by atoms with Gasteiger partial charge in [0, 0.05) is 17.9 Å². The third kappa shape index (κ3) is 7.62. The molecule has 43 heavy (non-hydrogen) atoms. The van der Waals surface area contributed by atoms with Gasteiger partial charge < -0.3 is 15.5 Å². The normalized spacial score (nSPS) is 11.4. The first-order valence-corrected chi connectivity index (χ1v) is 15.1. The Morgan fingerprint density at radius 1 is 0.791 bits per heavy atom. The molecule has 0 saturated carbocycles. The standard InChI is InChI=1S/C33H32N6O3S/c1-3-13-27-20-21-28(22-30(27)43(40,41)42-2)35-32-36-31(34-23-25-14-7-4-8-15-25)37-33(38-32)39(29-18-11-6-12-19-29)24-26-16-9-5-10-17-26/h3-22H,23-24H2,1-2H3,(H2,34,35,36,37,38). The zero-order valence-electron chi connectivity index (χ0n) is 23.9. The topological polar surface area (TPSA) is 109 Å². The van der Waals surface area contributed by atoms with Gasteiger partial charge in [-0.1, -0.05) is 97.1 Å². The number of anilines is 5. The van der Waals surface area contributed by atoms with E-state index in [2.05, 4.69) is 27.8 Å². The molecular formula is C33H32N6O3S. The Bertz CT molecular complexity index is 1780. The first-order valence-electron chi connectivity index (χ1n) is 13.7. The Morgan fingerprint density at radius 2 is 1.42 bits per heavy atom. The van der Waals surface area contributed by atoms with E-state index in [1.165, 1.54) is 6.07 Å². The van der Waals surface area contributed by atoms with Gasteiger partial charge >= 0.3 is 0 Å². The summed E-state index contributed by atoms with van der Waals surface area (Å²) in [5, 5.41) is 6.50. The molecule has 1 aromatic heterocycles. The maximum absolute atomic E-state index is 12.7. The Morgan fingerprint density at radius 3 is 2.07 bits per heavy atom. The summed E-state index contributed by atoms with van der Waals surface area (Å²) in [6, 6.07) is 34.9. The highest BCUT2D eigenvalue weighted by Gasteiger charge is 2.20. The summed E-state index contributed by atoms with van der Waals surface area (Å²) in [6.07, 6.45) is 3.48. The molecule has 0 radical (unpaired) electrons. The smallest absolute Gasteiger partial charge is 0.297 e. The highest BCUT2D eigenvalue weighted by Crippen LogP contribution is 2.29. The maximum Gasteiger partial charge on any atom is 0.297 e. The monoisotopic (exact) mass is 592 g/mol. The summed E-state index contributed by atoms with van der Waals surface area (Å²) in [4.78, 5) is 16.3. The summed E-state index contributed by atoms with van der Waals surface area (Å²) < 4.78 is 30.2. The zero-order chi connectivity index (χ0) is 30.1. The lowest BCUT2D eigenvalue weighted by Gasteiger charge is -2.24. The van der Waals surface area contributed by atoms with E-state index in [4.69, 9.17) is 14.2 Å². The van der Waals surface area contributed by atoms with Gasteiger partial charge in [0.2, 0.25) is 17.8 Å². The van der Waals surface area contributed by atoms with Crippen molar-refractivity contribution >= 4 is 45.4 Å². The average Bonchev–Trinajstić information content (AvgIpc) is 3.05. The third-order valence-corrected chi connectivity index (χ3v) is 7.85. The van der Waals surface area contributed by atoms with Gasteiger partial charge in [-0.05, 0) is 47.9 Å². The van der Waals surface area contributed by atoms with E-state index in [0.29, 0.717) is 36.2 Å². The van der Waals surface area contributed by atoms with Crippen molar-refractivity contribution in [1.82, 2.24) is 15.0 Å². The molecule has 0 aliphatic rings. The van der Waals surface area contributed by atoms with Crippen LogP contribution in [0.2, 0.25) is 0 Å². The van der Waals surface area contributed by atoms with Crippen LogP contribution in [0.1, 0.15) is 23.6 Å². The highest BCUT2D eigenvalue weighted by molar-refractivity contribution is 7.86. The number of para-hydroxylation sites is 1. The molecule has 0 unspecified atom stereocenters. The molecule has 0 bridgehead atoms. The summed E-state index contributed by atoms with van der Waals surface area (Å²) in [5.41, 5.74) is 4.03. The van der Waals surface area contributed by atoms with Crippen LogP contribution in [0.3, 0.4) is 0 Å². The van der Waals surface area contributed by atoms with Gasteiger partial charge in [-0.3, -0.25) is 4.18 Å². The van der Waals surface area contributed by atoms with Gasteiger partial charge in [0.1, 0.15) is 4.90 Å². The molecule has 0 aliphatic heterocycles. The second-order valence-electron chi connectivity index (χ2n) is 9.53. The number of nitrogens with one attached hydrogen (secondary N) is 2. The molecule has 9 nitrogen and oxygen atoms in total. The average molecular weight is 593 g/mol. The predicted molar refractivity (Wildman–Crippen MR) is 171 cm³/mol. The van der Waals surface area contributed by atoms with Crippen LogP contribution in [0.4, 0.5) is 29.2 Å². The first kappa shape index (κ1) is 29.4. The van der Waals surface area contributed by atoms with Gasteiger partial charge in [0.25, 0.3) is 10.1 Å². The van der Waals surface area contributed by atoms with Crippen molar-refractivity contribution in [2.75, 3.05) is 22.6 Å². The minimum atomic E-state index is -3.97. The predicted octanol–water partition coefficient (Wildman–Crippen LogP) is 6.93. The van der Waals surface area contributed by atoms with Gasteiger partial charge in [-0.25, -0.2) is 0 Å². The van der Waals surface area contributed by atoms with E-state index >= 15 is 0 Å². The molecule has 5 rings (SSSR count). The number of aromatic nitrogens is 3. The summed E-state index contributed by atoms with van der Waals surface area (Å²) in [6.45, 7) is 2.84. The highest BCUT2D eigenvalue weighted by atomic mass is 32.2. The SMILES string of the molecule is CC=Cc1ccc(Nc2nc(NCc3ccccc3)nc(N(Cc3ccccc3)c3ccccc3)n2)cc1S(=O)(=O)OC. The molecule has 1 heterocycles. The molecule has 0 saturated heterocycles. The Hall–Kier alpha value is -5.06. The van der Waals surface area contributed by atoms with Gasteiger partial charge in [0.05, 0.1) is 13.7 Å². The van der Waals surface area contributed by atoms with Crippen molar-refractivity contribution in [2.24, 2.45) is 0 Å². The van der Waals surface area contributed by atoms with Crippen molar-refractivity contribution < 1.29 is 12.6 Å². The Balaban J connectivity index is 1.57. The Kier molecular flexibility index (Phi) is 9.40. The number of nitrogens with zero attached hydrogens (tertiary/aromatic N) is 4. The van der Waals surface area contributed by atoms with Crippen molar-refractivity contribution in [3.8, 4) is 0 Å². The van der Waals surface area contributed by atoms with E-state index in [0.717, 1.165) is 23.9 Å². The van der Waals surface area contributed by atoms with Crippen molar-refractivity contribution in [3.63, 3.8) is 0 Å². The van der Waals surface area contributed by atoms with E-state index in [9.17, 15) is 8.42 Å². The lowest BCUT2D eigenvalue weighted by atomic mass is 10.2. The molecule has 218 valence electrons. The van der Waals surface area contributed by atoms with E-state index < -0.39 is 10.1 Å². The fourth-order valence-electron chi connectivity index (χ4n) is 4.41. The number of allylic oxidation sites excluding steroid dienone is 1. The molecule has 5 aromatic rings. The molecule has 4 aromatic carbocycles. The van der Waals surface area contributed by atoms with Crippen molar-refractivity contribution in [2.45, 2.75) is 24.9 Å². The molecule has 0 spiro atoms. The molecule has 10 heteroatoms. The van der Waals surface area contributed by atoms with E-state index in [1.54, 1.807) is 24.3 Å². The van der Waals surface area contributed by atoms with Crippen LogP contribution >= 0.6 is 0 Å². The molecule has 0 amide bonds. The van der Waals surface area contributed by atoms with Gasteiger partial charge in [0.15, 0.2) is 0 Å². The number of rotatable bonds is 12. The molecular weight excluding hydrogens is 560 g/mol. The lowest BCUT2D eigenvalue weighted by Crippen LogP contribution is -2.21. The minimum Gasteiger partial charge on any atom is -0.350 e. The van der Waals surface area contributed by atoms with Crippen molar-refractivity contribution in [3.05, 3.63) is 132 Å². The van der Waals surface area contributed by atoms with Crippen LogP contribution < -0.4 is 15.5 Å². The second-order valence-corrected chi connectivity index (χ2v) is 11.2. The molecule has 0 atom stereocenters. The van der Waals surface area contributed by atoms with Crippen LogP contribution in [-0.4, -0.2) is 30.5 Å². The van der Waals surface area contributed by atoms with Gasteiger partial charge in [-0.15, -0.1) is 0 Å². The minimum absolute atomic E-state index is 0.0322. The van der Waals surface area contributed by atoms with E-state index in [1.807, 2.05) is 90.7 Å². The third-order valence-electron chi connectivity index (χ3n) is 6.51. The fraction of sp³-hybridized carbons (Fsp3) is 0.121. The largest absolute Gasteiger partial charge is 0.350 e. The van der Waals surface area contributed by atoms with Gasteiger partial charge in [-0.2, -0.15) is 23.4 Å². The van der Waals surface area contributed by atoms with Crippen LogP contribution in [0.15, 0.2) is 120 Å². The second kappa shape index (κ2) is 13.7. The first-order chi connectivity index (χ1) is 20.9. The van der Waals surface area contributed by atoms with Crippen LogP contribution in [0.25, 0.3) is 6.08 Å². The van der Waals surface area contributed by atoms with E-state index in [-0.39, 0.29) is 10.8 Å². The summed E-state index contributed by atoms with van der Waals surface area (Å²) in [7, 11) is -2.83. The summed E-state index contributed by atoms with van der Waals surface area (Å²) >= 11 is 0. The fourth-order valence-corrected chi connectivity index (χ4v) is 5.29. The zero-order valence-corrected chi connectivity index (χ0v) is 24.7. The number of hydrogen-bond acceptors (Lipinski definition) is 9. The van der Waals surface area contributed by atoms with Crippen LogP contribution in [-0.2, 0) is 27.4 Å². The Labute approximate surface area is 252 Å². The van der Waals surface area contributed by atoms with Crippen molar-refractivity contribution in [1.29, 1.82) is 0 Å². The lowest BCUT2D eigenvalue weighted by molar-refractivity contribution is 0.397. The molecule has 2 N–H and O–H groups in total. The molecule has 0 fully saturated rings. The number of hydrogen-bond donors (Lipinski definition) is 2.